The molecule has 2 N–H and O–H groups in total. The number of hydrogen-bond donors (Lipinski definition) is 2. The Morgan fingerprint density at radius 3 is 2.83 bits per heavy atom. The summed E-state index contributed by atoms with van der Waals surface area (Å²) in [4.78, 5) is 12.2. The van der Waals surface area contributed by atoms with Crippen LogP contribution in [0.3, 0.4) is 0 Å². The number of aryl methyl sites for hydroxylation is 3. The van der Waals surface area contributed by atoms with Crippen molar-refractivity contribution in [2.75, 3.05) is 5.32 Å². The largest absolute Gasteiger partial charge is 0.307 e. The van der Waals surface area contributed by atoms with Crippen LogP contribution in [0.5, 0.6) is 0 Å². The van der Waals surface area contributed by atoms with Crippen molar-refractivity contribution in [1.29, 1.82) is 0 Å². The topological polar surface area (TPSA) is 57.8 Å². The molecule has 0 fully saturated rings. The average Bonchev–Trinajstić information content (AvgIpc) is 2.76. The third-order valence-electron chi connectivity index (χ3n) is 2.96. The number of hydrogen-bond acceptors (Lipinski definition) is 2. The van der Waals surface area contributed by atoms with Crippen molar-refractivity contribution in [2.45, 2.75) is 27.2 Å². The Labute approximate surface area is 106 Å². The van der Waals surface area contributed by atoms with Gasteiger partial charge in [0.1, 0.15) is 5.82 Å². The fraction of sp³-hybridized carbons (Fsp3) is 0.286. The molecule has 0 aliphatic heterocycles. The van der Waals surface area contributed by atoms with Gasteiger partial charge in [-0.15, -0.1) is 0 Å². The first-order chi connectivity index (χ1) is 8.61. The third kappa shape index (κ3) is 2.42. The number of aromatic nitrogens is 2. The molecule has 94 valence electrons. The van der Waals surface area contributed by atoms with E-state index in [1.165, 1.54) is 0 Å². The molecule has 0 atom stereocenters. The Bertz CT molecular complexity index is 572. The maximum atomic E-state index is 12.2. The van der Waals surface area contributed by atoms with Gasteiger partial charge in [0, 0.05) is 11.1 Å². The van der Waals surface area contributed by atoms with Crippen molar-refractivity contribution >= 4 is 11.7 Å². The Hall–Kier alpha value is -2.10. The van der Waals surface area contributed by atoms with E-state index in [1.807, 2.05) is 39.0 Å². The van der Waals surface area contributed by atoms with Gasteiger partial charge in [-0.1, -0.05) is 24.6 Å². The average molecular weight is 243 g/mol. The van der Waals surface area contributed by atoms with Crippen LogP contribution in [0.1, 0.15) is 34.0 Å². The molecule has 2 aromatic rings. The van der Waals surface area contributed by atoms with Crippen LogP contribution in [0.2, 0.25) is 0 Å². The van der Waals surface area contributed by atoms with Crippen molar-refractivity contribution in [3.05, 3.63) is 46.6 Å². The Morgan fingerprint density at radius 1 is 1.39 bits per heavy atom. The summed E-state index contributed by atoms with van der Waals surface area (Å²) in [5, 5.41) is 9.60. The Balaban J connectivity index is 2.22. The number of nitrogens with one attached hydrogen (secondary N) is 2. The highest BCUT2D eigenvalue weighted by atomic mass is 16.1. The minimum Gasteiger partial charge on any atom is -0.307 e. The van der Waals surface area contributed by atoms with Gasteiger partial charge in [-0.25, -0.2) is 0 Å². The predicted octanol–water partition coefficient (Wildman–Crippen LogP) is 2.84. The SMILES string of the molecule is CCc1cn[nH]c1NC(=O)c1ccc(C)cc1C. The lowest BCUT2D eigenvalue weighted by Crippen LogP contribution is -2.14. The van der Waals surface area contributed by atoms with E-state index in [-0.39, 0.29) is 5.91 Å². The molecule has 0 bridgehead atoms. The first-order valence-electron chi connectivity index (χ1n) is 6.02. The van der Waals surface area contributed by atoms with Crippen LogP contribution in [-0.2, 0) is 6.42 Å². The summed E-state index contributed by atoms with van der Waals surface area (Å²) in [5.41, 5.74) is 3.83. The lowest BCUT2D eigenvalue weighted by molar-refractivity contribution is 0.102. The molecule has 1 heterocycles. The van der Waals surface area contributed by atoms with Crippen LogP contribution in [0.4, 0.5) is 5.82 Å². The molecule has 0 unspecified atom stereocenters. The zero-order chi connectivity index (χ0) is 13.1. The van der Waals surface area contributed by atoms with Crippen LogP contribution in [-0.4, -0.2) is 16.1 Å². The van der Waals surface area contributed by atoms with Gasteiger partial charge in [-0.05, 0) is 31.9 Å². The van der Waals surface area contributed by atoms with Gasteiger partial charge >= 0.3 is 0 Å². The van der Waals surface area contributed by atoms with E-state index in [9.17, 15) is 4.79 Å². The van der Waals surface area contributed by atoms with Gasteiger partial charge in [0.15, 0.2) is 0 Å². The summed E-state index contributed by atoms with van der Waals surface area (Å²) in [6, 6.07) is 5.79. The summed E-state index contributed by atoms with van der Waals surface area (Å²) in [5.74, 6) is 0.578. The van der Waals surface area contributed by atoms with Crippen molar-refractivity contribution in [2.24, 2.45) is 0 Å². The highest BCUT2D eigenvalue weighted by molar-refractivity contribution is 6.05. The van der Waals surface area contributed by atoms with E-state index < -0.39 is 0 Å². The van der Waals surface area contributed by atoms with Crippen LogP contribution >= 0.6 is 0 Å². The van der Waals surface area contributed by atoms with Crippen molar-refractivity contribution in [1.82, 2.24) is 10.2 Å². The first-order valence-corrected chi connectivity index (χ1v) is 6.02. The zero-order valence-electron chi connectivity index (χ0n) is 10.9. The fourth-order valence-corrected chi connectivity index (χ4v) is 1.94. The van der Waals surface area contributed by atoms with Gasteiger partial charge in [0.05, 0.1) is 6.20 Å². The van der Waals surface area contributed by atoms with E-state index in [4.69, 9.17) is 0 Å². The van der Waals surface area contributed by atoms with Crippen molar-refractivity contribution < 1.29 is 4.79 Å². The molecule has 0 saturated carbocycles. The highest BCUT2D eigenvalue weighted by Gasteiger charge is 2.12. The molecule has 2 rings (SSSR count). The number of carbonyl (C=O) groups excluding carboxylic acids is 1. The van der Waals surface area contributed by atoms with Crippen LogP contribution in [0, 0.1) is 13.8 Å². The number of aromatic amines is 1. The molecule has 0 spiro atoms. The molecule has 4 heteroatoms. The van der Waals surface area contributed by atoms with E-state index in [1.54, 1.807) is 6.20 Å². The Morgan fingerprint density at radius 2 is 2.17 bits per heavy atom. The lowest BCUT2D eigenvalue weighted by atomic mass is 10.1. The zero-order valence-corrected chi connectivity index (χ0v) is 10.9. The number of amides is 1. The number of anilines is 1. The van der Waals surface area contributed by atoms with Crippen LogP contribution in [0.25, 0.3) is 0 Å². The molecule has 1 aromatic carbocycles. The molecular weight excluding hydrogens is 226 g/mol. The number of benzene rings is 1. The van der Waals surface area contributed by atoms with Gasteiger partial charge in [-0.2, -0.15) is 5.10 Å². The highest BCUT2D eigenvalue weighted by Crippen LogP contribution is 2.15. The minimum absolute atomic E-state index is 0.105. The molecule has 0 radical (unpaired) electrons. The second kappa shape index (κ2) is 5.04. The van der Waals surface area contributed by atoms with E-state index in [0.717, 1.165) is 23.1 Å². The maximum Gasteiger partial charge on any atom is 0.257 e. The molecule has 1 amide bonds. The van der Waals surface area contributed by atoms with Crippen LogP contribution < -0.4 is 5.32 Å². The summed E-state index contributed by atoms with van der Waals surface area (Å²) in [6.45, 7) is 5.98. The van der Waals surface area contributed by atoms with Crippen LogP contribution in [0.15, 0.2) is 24.4 Å². The molecule has 0 aliphatic carbocycles. The number of rotatable bonds is 3. The summed E-state index contributed by atoms with van der Waals surface area (Å²) in [6.07, 6.45) is 2.57. The molecule has 1 aromatic heterocycles. The van der Waals surface area contributed by atoms with E-state index >= 15 is 0 Å². The van der Waals surface area contributed by atoms with Gasteiger partial charge in [0.2, 0.25) is 0 Å². The summed E-state index contributed by atoms with van der Waals surface area (Å²) in [7, 11) is 0. The van der Waals surface area contributed by atoms with Crippen molar-refractivity contribution in [3.63, 3.8) is 0 Å². The van der Waals surface area contributed by atoms with E-state index in [2.05, 4.69) is 15.5 Å². The first kappa shape index (κ1) is 12.4. The second-order valence-electron chi connectivity index (χ2n) is 4.40. The van der Waals surface area contributed by atoms with Gasteiger partial charge < -0.3 is 5.32 Å². The van der Waals surface area contributed by atoms with Gasteiger partial charge in [-0.3, -0.25) is 9.89 Å². The molecule has 18 heavy (non-hydrogen) atoms. The fourth-order valence-electron chi connectivity index (χ4n) is 1.94. The van der Waals surface area contributed by atoms with E-state index in [0.29, 0.717) is 11.4 Å². The summed E-state index contributed by atoms with van der Waals surface area (Å²) < 4.78 is 0. The molecule has 0 aliphatic rings. The van der Waals surface area contributed by atoms with Gasteiger partial charge in [0.25, 0.3) is 5.91 Å². The smallest absolute Gasteiger partial charge is 0.257 e. The number of H-pyrrole nitrogens is 1. The monoisotopic (exact) mass is 243 g/mol. The lowest BCUT2D eigenvalue weighted by Gasteiger charge is -2.08. The third-order valence-corrected chi connectivity index (χ3v) is 2.96. The second-order valence-corrected chi connectivity index (χ2v) is 4.40. The number of carbonyl (C=O) groups is 1. The predicted molar refractivity (Wildman–Crippen MR) is 71.8 cm³/mol. The standard InChI is InChI=1S/C14H17N3O/c1-4-11-8-15-17-13(11)16-14(18)12-6-5-9(2)7-10(12)3/h5-8H,4H2,1-3H3,(H2,15,16,17,18). The summed E-state index contributed by atoms with van der Waals surface area (Å²) >= 11 is 0. The molecule has 4 nitrogen and oxygen atoms in total. The molecule has 0 saturated heterocycles. The normalized spacial score (nSPS) is 10.4. The van der Waals surface area contributed by atoms with Crippen molar-refractivity contribution in [3.8, 4) is 0 Å². The Kier molecular flexibility index (Phi) is 3.46. The molecular formula is C14H17N3O. The maximum absolute atomic E-state index is 12.2. The quantitative estimate of drug-likeness (QED) is 0.870. The number of nitrogens with zero attached hydrogens (tertiary/aromatic N) is 1. The minimum atomic E-state index is -0.105.